The monoisotopic (exact) mass is 478 g/mol. The highest BCUT2D eigenvalue weighted by Gasteiger charge is 2.55. The van der Waals surface area contributed by atoms with Crippen molar-refractivity contribution in [2.75, 3.05) is 24.3 Å². The van der Waals surface area contributed by atoms with Crippen molar-refractivity contribution in [2.45, 2.75) is 25.5 Å². The molecule has 0 saturated heterocycles. The summed E-state index contributed by atoms with van der Waals surface area (Å²) in [6.07, 6.45) is 3.99. The SMILES string of the molecule is C=C(C)/C=C1/Oc2cc(N(C)C)ccc2C2(OC(=O)c3ccccc32)/C1=C/C(C)Nc1ccccc1. The van der Waals surface area contributed by atoms with Gasteiger partial charge in [0.2, 0.25) is 0 Å². The second-order valence-corrected chi connectivity index (χ2v) is 9.53. The Balaban J connectivity index is 1.76. The van der Waals surface area contributed by atoms with E-state index in [-0.39, 0.29) is 12.0 Å². The number of allylic oxidation sites excluding steroid dienone is 2. The molecule has 2 atom stereocenters. The summed E-state index contributed by atoms with van der Waals surface area (Å²) in [7, 11) is 3.97. The van der Waals surface area contributed by atoms with Crippen LogP contribution in [0.5, 0.6) is 5.75 Å². The largest absolute Gasteiger partial charge is 0.456 e. The molecule has 2 aliphatic heterocycles. The molecule has 0 fully saturated rings. The van der Waals surface area contributed by atoms with Crippen LogP contribution < -0.4 is 15.0 Å². The van der Waals surface area contributed by atoms with Gasteiger partial charge in [0.25, 0.3) is 0 Å². The molecule has 0 aromatic heterocycles. The van der Waals surface area contributed by atoms with Gasteiger partial charge in [-0.1, -0.05) is 54.6 Å². The number of nitrogens with zero attached hydrogens (tertiary/aromatic N) is 1. The Morgan fingerprint density at radius 2 is 1.75 bits per heavy atom. The van der Waals surface area contributed by atoms with Gasteiger partial charge in [-0.05, 0) is 50.3 Å². The molecule has 0 saturated carbocycles. The van der Waals surface area contributed by atoms with E-state index in [2.05, 4.69) is 24.9 Å². The van der Waals surface area contributed by atoms with Gasteiger partial charge in [-0.3, -0.25) is 0 Å². The van der Waals surface area contributed by atoms with E-state index in [1.54, 1.807) is 0 Å². The quantitative estimate of drug-likeness (QED) is 0.427. The number of ether oxygens (including phenoxy) is 2. The number of carbonyl (C=O) groups is 1. The summed E-state index contributed by atoms with van der Waals surface area (Å²) in [5.74, 6) is 0.913. The molecular formula is C31H30N2O3. The number of para-hydroxylation sites is 1. The van der Waals surface area contributed by atoms with Gasteiger partial charge >= 0.3 is 5.97 Å². The van der Waals surface area contributed by atoms with Gasteiger partial charge in [-0.15, -0.1) is 0 Å². The Hall–Kier alpha value is -4.25. The van der Waals surface area contributed by atoms with Crippen LogP contribution in [0.2, 0.25) is 0 Å². The second-order valence-electron chi connectivity index (χ2n) is 9.53. The maximum absolute atomic E-state index is 13.2. The normalized spacial score (nSPS) is 20.9. The van der Waals surface area contributed by atoms with Crippen molar-refractivity contribution in [2.24, 2.45) is 0 Å². The third kappa shape index (κ3) is 3.97. The van der Waals surface area contributed by atoms with Gasteiger partial charge in [-0.25, -0.2) is 4.79 Å². The highest BCUT2D eigenvalue weighted by atomic mass is 16.6. The smallest absolute Gasteiger partial charge is 0.340 e. The Bertz CT molecular complexity index is 1400. The number of nitrogens with one attached hydrogen (secondary N) is 1. The minimum Gasteiger partial charge on any atom is -0.456 e. The molecule has 182 valence electrons. The first-order valence-corrected chi connectivity index (χ1v) is 12.0. The molecule has 0 amide bonds. The van der Waals surface area contributed by atoms with Gasteiger partial charge in [0.1, 0.15) is 11.5 Å². The summed E-state index contributed by atoms with van der Waals surface area (Å²) in [6.45, 7) is 8.08. The van der Waals surface area contributed by atoms with Crippen molar-refractivity contribution >= 4 is 17.3 Å². The fourth-order valence-electron chi connectivity index (χ4n) is 4.89. The van der Waals surface area contributed by atoms with E-state index in [4.69, 9.17) is 9.47 Å². The van der Waals surface area contributed by atoms with Crippen LogP contribution in [-0.2, 0) is 10.3 Å². The molecule has 36 heavy (non-hydrogen) atoms. The molecule has 5 rings (SSSR count). The molecule has 1 N–H and O–H groups in total. The molecule has 2 heterocycles. The molecule has 0 radical (unpaired) electrons. The van der Waals surface area contributed by atoms with Crippen molar-refractivity contribution < 1.29 is 14.3 Å². The van der Waals surface area contributed by atoms with E-state index in [1.165, 1.54) is 0 Å². The van der Waals surface area contributed by atoms with Crippen LogP contribution in [0.3, 0.4) is 0 Å². The second kappa shape index (κ2) is 9.08. The first-order chi connectivity index (χ1) is 17.3. The van der Waals surface area contributed by atoms with Crippen molar-refractivity contribution in [3.8, 4) is 5.75 Å². The zero-order chi connectivity index (χ0) is 25.4. The fourth-order valence-corrected chi connectivity index (χ4v) is 4.89. The molecule has 2 aliphatic rings. The molecule has 1 spiro atoms. The predicted octanol–water partition coefficient (Wildman–Crippen LogP) is 6.45. The lowest BCUT2D eigenvalue weighted by Crippen LogP contribution is -2.37. The van der Waals surface area contributed by atoms with Crippen LogP contribution in [0.25, 0.3) is 0 Å². The molecule has 2 unspecified atom stereocenters. The summed E-state index contributed by atoms with van der Waals surface area (Å²) in [6, 6.07) is 23.5. The van der Waals surface area contributed by atoms with Crippen LogP contribution >= 0.6 is 0 Å². The first kappa shape index (κ1) is 23.5. The minimum atomic E-state index is -1.14. The molecule has 3 aromatic carbocycles. The fraction of sp³-hybridized carbons (Fsp3) is 0.194. The number of anilines is 2. The van der Waals surface area contributed by atoms with Crippen LogP contribution in [-0.4, -0.2) is 26.1 Å². The molecule has 3 aromatic rings. The van der Waals surface area contributed by atoms with Crippen molar-refractivity contribution in [3.63, 3.8) is 0 Å². The van der Waals surface area contributed by atoms with Crippen LogP contribution in [0, 0.1) is 0 Å². The number of esters is 1. The van der Waals surface area contributed by atoms with Gasteiger partial charge in [-0.2, -0.15) is 0 Å². The van der Waals surface area contributed by atoms with E-state index in [0.717, 1.165) is 33.6 Å². The van der Waals surface area contributed by atoms with Gasteiger partial charge < -0.3 is 19.7 Å². The van der Waals surface area contributed by atoms with E-state index < -0.39 is 5.60 Å². The standard InChI is InChI=1S/C31H30N2O3/c1-20(2)17-28-27(18-21(3)32-22-11-7-6-8-12-22)31(25-14-10-9-13-24(25)30(34)36-31)26-16-15-23(33(4)5)19-29(26)35-28/h6-19,21,32H,1H2,2-5H3/b27-18+,28-17+. The predicted molar refractivity (Wildman–Crippen MR) is 145 cm³/mol. The lowest BCUT2D eigenvalue weighted by Gasteiger charge is -2.39. The topological polar surface area (TPSA) is 50.8 Å². The Labute approximate surface area is 212 Å². The minimum absolute atomic E-state index is 0.0922. The summed E-state index contributed by atoms with van der Waals surface area (Å²) in [5.41, 5.74) is 4.61. The van der Waals surface area contributed by atoms with E-state index >= 15 is 0 Å². The number of hydrogen-bond acceptors (Lipinski definition) is 5. The molecular weight excluding hydrogens is 448 g/mol. The molecule has 0 aliphatic carbocycles. The Morgan fingerprint density at radius 3 is 2.47 bits per heavy atom. The van der Waals surface area contributed by atoms with E-state index in [1.807, 2.05) is 105 Å². The van der Waals surface area contributed by atoms with Crippen molar-refractivity contribution in [1.82, 2.24) is 0 Å². The van der Waals surface area contributed by atoms with Crippen LogP contribution in [0.4, 0.5) is 11.4 Å². The van der Waals surface area contributed by atoms with E-state index in [9.17, 15) is 4.79 Å². The lowest BCUT2D eigenvalue weighted by molar-refractivity contribution is 0.0201. The van der Waals surface area contributed by atoms with Crippen molar-refractivity contribution in [3.05, 3.63) is 125 Å². The maximum atomic E-state index is 13.2. The maximum Gasteiger partial charge on any atom is 0.340 e. The summed E-state index contributed by atoms with van der Waals surface area (Å²) < 4.78 is 12.9. The zero-order valence-electron chi connectivity index (χ0n) is 21.0. The highest BCUT2D eigenvalue weighted by Crippen LogP contribution is 2.55. The molecule has 5 nitrogen and oxygen atoms in total. The highest BCUT2D eigenvalue weighted by molar-refractivity contribution is 5.97. The number of fused-ring (bicyclic) bond motifs is 4. The van der Waals surface area contributed by atoms with Gasteiger partial charge in [0.05, 0.1) is 5.56 Å². The summed E-state index contributed by atoms with van der Waals surface area (Å²) >= 11 is 0. The third-order valence-corrected chi connectivity index (χ3v) is 6.46. The van der Waals surface area contributed by atoms with Crippen LogP contribution in [0.1, 0.15) is 35.3 Å². The van der Waals surface area contributed by atoms with E-state index in [0.29, 0.717) is 17.1 Å². The first-order valence-electron chi connectivity index (χ1n) is 12.0. The lowest BCUT2D eigenvalue weighted by atomic mass is 9.75. The van der Waals surface area contributed by atoms with Crippen LogP contribution in [0.15, 0.2) is 108 Å². The average Bonchev–Trinajstić information content (AvgIpc) is 3.14. The average molecular weight is 479 g/mol. The van der Waals surface area contributed by atoms with Gasteiger partial charge in [0.15, 0.2) is 5.60 Å². The number of hydrogen-bond donors (Lipinski definition) is 1. The zero-order valence-corrected chi connectivity index (χ0v) is 21.0. The van der Waals surface area contributed by atoms with Gasteiger partial charge in [0, 0.05) is 54.3 Å². The third-order valence-electron chi connectivity index (χ3n) is 6.46. The molecule has 0 bridgehead atoms. The number of benzene rings is 3. The Morgan fingerprint density at radius 1 is 1.03 bits per heavy atom. The summed E-state index contributed by atoms with van der Waals surface area (Å²) in [5, 5.41) is 3.52. The Kier molecular flexibility index (Phi) is 5.92. The molecule has 5 heteroatoms. The summed E-state index contributed by atoms with van der Waals surface area (Å²) in [4.78, 5) is 15.2. The van der Waals surface area contributed by atoms with Crippen molar-refractivity contribution in [1.29, 1.82) is 0 Å². The number of carbonyl (C=O) groups excluding carboxylic acids is 1. The number of rotatable bonds is 5.